The van der Waals surface area contributed by atoms with Gasteiger partial charge in [0.1, 0.15) is 0 Å². The van der Waals surface area contributed by atoms with E-state index >= 15 is 0 Å². The molecule has 0 aliphatic carbocycles. The Morgan fingerprint density at radius 3 is 2.60 bits per heavy atom. The zero-order valence-electron chi connectivity index (χ0n) is 6.73. The van der Waals surface area contributed by atoms with Crippen LogP contribution in [-0.4, -0.2) is 13.2 Å². The first-order valence-corrected chi connectivity index (χ1v) is 3.95. The molecule has 0 N–H and O–H groups in total. The summed E-state index contributed by atoms with van der Waals surface area (Å²) in [6.07, 6.45) is 5.54. The van der Waals surface area contributed by atoms with Crippen LogP contribution < -0.4 is 0 Å². The fraction of sp³-hybridized carbons (Fsp3) is 0.778. The molecule has 0 saturated carbocycles. The second-order valence-corrected chi connectivity index (χ2v) is 3.42. The Bertz CT molecular complexity index is 112. The molecule has 0 aromatic rings. The van der Waals surface area contributed by atoms with Gasteiger partial charge in [-0.3, -0.25) is 0 Å². The minimum atomic E-state index is 0.486. The first-order chi connectivity index (χ1) is 4.77. The molecule has 0 bridgehead atoms. The summed E-state index contributed by atoms with van der Waals surface area (Å²) in [6, 6.07) is 0. The highest BCUT2D eigenvalue weighted by atomic mass is 16.5. The number of allylic oxidation sites excluding steroid dienone is 1. The summed E-state index contributed by atoms with van der Waals surface area (Å²) < 4.78 is 5.28. The van der Waals surface area contributed by atoms with Gasteiger partial charge in [-0.05, 0) is 24.7 Å². The Labute approximate surface area is 63.1 Å². The lowest BCUT2D eigenvalue weighted by atomic mass is 9.79. The summed E-state index contributed by atoms with van der Waals surface area (Å²) in [7, 11) is 0. The predicted molar refractivity (Wildman–Crippen MR) is 43.0 cm³/mol. The lowest BCUT2D eigenvalue weighted by Gasteiger charge is -2.32. The van der Waals surface area contributed by atoms with E-state index in [2.05, 4.69) is 13.5 Å². The van der Waals surface area contributed by atoms with Gasteiger partial charge in [0.2, 0.25) is 0 Å². The van der Waals surface area contributed by atoms with E-state index in [0.717, 1.165) is 19.6 Å². The van der Waals surface area contributed by atoms with Crippen molar-refractivity contribution in [2.24, 2.45) is 5.41 Å². The van der Waals surface area contributed by atoms with Crippen molar-refractivity contribution >= 4 is 0 Å². The van der Waals surface area contributed by atoms with Crippen LogP contribution in [0.15, 0.2) is 12.7 Å². The topological polar surface area (TPSA) is 9.23 Å². The van der Waals surface area contributed by atoms with Crippen molar-refractivity contribution in [2.45, 2.75) is 26.2 Å². The minimum Gasteiger partial charge on any atom is -0.381 e. The monoisotopic (exact) mass is 140 g/mol. The maximum absolute atomic E-state index is 5.28. The van der Waals surface area contributed by atoms with E-state index in [1.165, 1.54) is 12.8 Å². The van der Waals surface area contributed by atoms with Crippen LogP contribution in [-0.2, 0) is 4.74 Å². The zero-order chi connectivity index (χ0) is 7.45. The quantitative estimate of drug-likeness (QED) is 0.535. The van der Waals surface area contributed by atoms with Gasteiger partial charge >= 0.3 is 0 Å². The predicted octanol–water partition coefficient (Wildman–Crippen LogP) is 2.38. The highest BCUT2D eigenvalue weighted by Gasteiger charge is 2.25. The largest absolute Gasteiger partial charge is 0.381 e. The summed E-state index contributed by atoms with van der Waals surface area (Å²) in [5, 5.41) is 0. The summed E-state index contributed by atoms with van der Waals surface area (Å²) in [5.41, 5.74) is 0.486. The number of ether oxygens (including phenoxy) is 1. The second kappa shape index (κ2) is 3.20. The first kappa shape index (κ1) is 7.80. The highest BCUT2D eigenvalue weighted by molar-refractivity contribution is 4.84. The van der Waals surface area contributed by atoms with E-state index in [9.17, 15) is 0 Å². The molecule has 58 valence electrons. The molecule has 0 aromatic carbocycles. The van der Waals surface area contributed by atoms with Crippen LogP contribution >= 0.6 is 0 Å². The third-order valence-electron chi connectivity index (χ3n) is 2.34. The molecule has 1 saturated heterocycles. The molecule has 0 amide bonds. The molecule has 0 unspecified atom stereocenters. The van der Waals surface area contributed by atoms with Crippen LogP contribution in [0, 0.1) is 5.41 Å². The van der Waals surface area contributed by atoms with Crippen molar-refractivity contribution < 1.29 is 4.74 Å². The SMILES string of the molecule is C=CCC1(C)CCOCC1. The summed E-state index contributed by atoms with van der Waals surface area (Å²) in [5.74, 6) is 0. The zero-order valence-corrected chi connectivity index (χ0v) is 6.73. The Balaban J connectivity index is 2.39. The normalized spacial score (nSPS) is 24.1. The fourth-order valence-electron chi connectivity index (χ4n) is 1.42. The van der Waals surface area contributed by atoms with Crippen molar-refractivity contribution in [2.75, 3.05) is 13.2 Å². The Morgan fingerprint density at radius 1 is 1.50 bits per heavy atom. The molecule has 1 heteroatoms. The standard InChI is InChI=1S/C9H16O/c1-3-4-9(2)5-7-10-8-6-9/h3H,1,4-8H2,2H3. The molecule has 1 aliphatic heterocycles. The molecule has 1 nitrogen and oxygen atoms in total. The minimum absolute atomic E-state index is 0.486. The molecule has 1 rings (SSSR count). The molecule has 0 atom stereocenters. The molecular weight excluding hydrogens is 124 g/mol. The fourth-order valence-corrected chi connectivity index (χ4v) is 1.42. The van der Waals surface area contributed by atoms with Crippen molar-refractivity contribution in [3.05, 3.63) is 12.7 Å². The molecule has 0 radical (unpaired) electrons. The number of hydrogen-bond donors (Lipinski definition) is 0. The molecule has 1 aliphatic rings. The second-order valence-electron chi connectivity index (χ2n) is 3.42. The van der Waals surface area contributed by atoms with Crippen LogP contribution in [0.25, 0.3) is 0 Å². The van der Waals surface area contributed by atoms with Crippen molar-refractivity contribution in [1.82, 2.24) is 0 Å². The van der Waals surface area contributed by atoms with Crippen LogP contribution in [0.3, 0.4) is 0 Å². The van der Waals surface area contributed by atoms with Crippen LogP contribution in [0.4, 0.5) is 0 Å². The average molecular weight is 140 g/mol. The number of rotatable bonds is 2. The van der Waals surface area contributed by atoms with Gasteiger partial charge in [-0.2, -0.15) is 0 Å². The molecular formula is C9H16O. The van der Waals surface area contributed by atoms with Crippen molar-refractivity contribution in [3.63, 3.8) is 0 Å². The highest BCUT2D eigenvalue weighted by Crippen LogP contribution is 2.33. The van der Waals surface area contributed by atoms with Crippen molar-refractivity contribution in [3.8, 4) is 0 Å². The first-order valence-electron chi connectivity index (χ1n) is 3.95. The Hall–Kier alpha value is -0.300. The van der Waals surface area contributed by atoms with Crippen LogP contribution in [0.5, 0.6) is 0 Å². The Kier molecular flexibility index (Phi) is 2.50. The third kappa shape index (κ3) is 1.84. The van der Waals surface area contributed by atoms with Gasteiger partial charge in [-0.1, -0.05) is 13.0 Å². The van der Waals surface area contributed by atoms with Crippen molar-refractivity contribution in [1.29, 1.82) is 0 Å². The summed E-state index contributed by atoms with van der Waals surface area (Å²) in [6.45, 7) is 7.95. The smallest absolute Gasteiger partial charge is 0.0471 e. The van der Waals surface area contributed by atoms with Gasteiger partial charge in [0.25, 0.3) is 0 Å². The van der Waals surface area contributed by atoms with Gasteiger partial charge in [-0.25, -0.2) is 0 Å². The lowest BCUT2D eigenvalue weighted by Crippen LogP contribution is -2.25. The van der Waals surface area contributed by atoms with Gasteiger partial charge in [-0.15, -0.1) is 6.58 Å². The molecule has 1 heterocycles. The lowest BCUT2D eigenvalue weighted by molar-refractivity contribution is 0.0253. The van der Waals surface area contributed by atoms with E-state index < -0.39 is 0 Å². The Morgan fingerprint density at radius 2 is 2.10 bits per heavy atom. The van der Waals surface area contributed by atoms with E-state index in [0.29, 0.717) is 5.41 Å². The van der Waals surface area contributed by atoms with E-state index in [-0.39, 0.29) is 0 Å². The molecule has 0 spiro atoms. The summed E-state index contributed by atoms with van der Waals surface area (Å²) >= 11 is 0. The van der Waals surface area contributed by atoms with Crippen LogP contribution in [0.1, 0.15) is 26.2 Å². The molecule has 10 heavy (non-hydrogen) atoms. The average Bonchev–Trinajstić information content (AvgIpc) is 1.89. The van der Waals surface area contributed by atoms with Gasteiger partial charge < -0.3 is 4.74 Å². The molecule has 0 aromatic heterocycles. The summed E-state index contributed by atoms with van der Waals surface area (Å²) in [4.78, 5) is 0. The van der Waals surface area contributed by atoms with Gasteiger partial charge in [0.05, 0.1) is 0 Å². The maximum Gasteiger partial charge on any atom is 0.0471 e. The third-order valence-corrected chi connectivity index (χ3v) is 2.34. The van der Waals surface area contributed by atoms with E-state index in [1.54, 1.807) is 0 Å². The number of hydrogen-bond acceptors (Lipinski definition) is 1. The van der Waals surface area contributed by atoms with E-state index in [1.807, 2.05) is 6.08 Å². The van der Waals surface area contributed by atoms with Crippen LogP contribution in [0.2, 0.25) is 0 Å². The van der Waals surface area contributed by atoms with Gasteiger partial charge in [0.15, 0.2) is 0 Å². The maximum atomic E-state index is 5.28. The van der Waals surface area contributed by atoms with E-state index in [4.69, 9.17) is 4.74 Å². The molecule has 1 fully saturated rings. The van der Waals surface area contributed by atoms with Gasteiger partial charge in [0, 0.05) is 13.2 Å².